The number of aromatic nitrogens is 5. The molecule has 2 aliphatic carbocycles. The second-order valence-electron chi connectivity index (χ2n) is 10.1. The van der Waals surface area contributed by atoms with Crippen molar-refractivity contribution in [3.05, 3.63) is 54.0 Å². The Labute approximate surface area is 213 Å². The van der Waals surface area contributed by atoms with Gasteiger partial charge in [0.2, 0.25) is 11.8 Å². The van der Waals surface area contributed by atoms with Crippen LogP contribution in [0.2, 0.25) is 0 Å². The fourth-order valence-corrected chi connectivity index (χ4v) is 5.07. The van der Waals surface area contributed by atoms with Crippen molar-refractivity contribution in [2.45, 2.75) is 76.3 Å². The average Bonchev–Trinajstić information content (AvgIpc) is 3.64. The fourth-order valence-electron chi connectivity index (χ4n) is 5.07. The van der Waals surface area contributed by atoms with Crippen molar-refractivity contribution >= 4 is 17.5 Å². The molecule has 2 fully saturated rings. The molecule has 0 aliphatic heterocycles. The zero-order valence-electron chi connectivity index (χ0n) is 20.7. The summed E-state index contributed by atoms with van der Waals surface area (Å²) >= 11 is 0. The van der Waals surface area contributed by atoms with Crippen LogP contribution in [0.3, 0.4) is 0 Å². The van der Waals surface area contributed by atoms with Gasteiger partial charge in [-0.3, -0.25) is 14.6 Å². The van der Waals surface area contributed by atoms with Crippen LogP contribution in [0.5, 0.6) is 0 Å². The Hall–Kier alpha value is -3.50. The van der Waals surface area contributed by atoms with Crippen molar-refractivity contribution in [1.29, 1.82) is 0 Å². The highest BCUT2D eigenvalue weighted by molar-refractivity contribution is 5.92. The maximum atomic E-state index is 13.9. The summed E-state index contributed by atoms with van der Waals surface area (Å²) in [5, 5.41) is 10.6. The smallest absolute Gasteiger partial charge is 0.272 e. The maximum Gasteiger partial charge on any atom is 0.272 e. The van der Waals surface area contributed by atoms with Crippen molar-refractivity contribution < 1.29 is 18.4 Å². The standard InChI is InChI=1S/C26H31F2N7O2/c1-2-3-22(36)33-23(16-4-5-16)18-12-21-32-20(15-35(21)31-13-18)24(17-6-8-26(27,28)9-7-17)34-25(37)19-14-29-10-11-30-19/h10-17,23-24H,2-9H2,1H3,(H,33,36)(H,34,37)/t23-,24+/m1/s1. The van der Waals surface area contributed by atoms with Crippen LogP contribution in [0.15, 0.2) is 37.1 Å². The number of rotatable bonds is 9. The van der Waals surface area contributed by atoms with E-state index in [-0.39, 0.29) is 49.2 Å². The molecule has 9 nitrogen and oxygen atoms in total. The molecule has 0 radical (unpaired) electrons. The van der Waals surface area contributed by atoms with Gasteiger partial charge in [-0.15, -0.1) is 0 Å². The average molecular weight is 512 g/mol. The molecule has 5 rings (SSSR count). The summed E-state index contributed by atoms with van der Waals surface area (Å²) < 4.78 is 29.4. The number of nitrogens with one attached hydrogen (secondary N) is 2. The lowest BCUT2D eigenvalue weighted by Crippen LogP contribution is -2.37. The Bertz CT molecular complexity index is 1250. The lowest BCUT2D eigenvalue weighted by Gasteiger charge is -2.33. The molecule has 2 N–H and O–H groups in total. The van der Waals surface area contributed by atoms with E-state index in [2.05, 4.69) is 25.7 Å². The van der Waals surface area contributed by atoms with Crippen LogP contribution in [0, 0.1) is 11.8 Å². The van der Waals surface area contributed by atoms with E-state index in [0.29, 0.717) is 23.7 Å². The minimum absolute atomic E-state index is 0.0178. The molecular formula is C26H31F2N7O2. The molecule has 196 valence electrons. The minimum Gasteiger partial charge on any atom is -0.349 e. The van der Waals surface area contributed by atoms with Gasteiger partial charge in [-0.25, -0.2) is 23.3 Å². The van der Waals surface area contributed by atoms with E-state index in [1.54, 1.807) is 16.9 Å². The van der Waals surface area contributed by atoms with E-state index < -0.39 is 17.9 Å². The van der Waals surface area contributed by atoms with Gasteiger partial charge in [-0.1, -0.05) is 6.92 Å². The first-order valence-electron chi connectivity index (χ1n) is 12.9. The molecule has 0 bridgehead atoms. The van der Waals surface area contributed by atoms with Crippen LogP contribution in [0.25, 0.3) is 5.65 Å². The molecular weight excluding hydrogens is 480 g/mol. The van der Waals surface area contributed by atoms with Gasteiger partial charge in [0.05, 0.1) is 36.4 Å². The SMILES string of the molecule is CCCC(=O)N[C@@H](c1cnn2cc([C@@H](NC(=O)c3cnccn3)C3CCC(F)(F)CC3)nc2c1)C1CC1. The maximum absolute atomic E-state index is 13.9. The molecule has 2 aliphatic rings. The third-order valence-electron chi connectivity index (χ3n) is 7.24. The molecule has 11 heteroatoms. The number of imidazole rings is 1. The monoisotopic (exact) mass is 511 g/mol. The van der Waals surface area contributed by atoms with Gasteiger partial charge in [-0.2, -0.15) is 5.10 Å². The topological polar surface area (TPSA) is 114 Å². The number of carbonyl (C=O) groups is 2. The van der Waals surface area contributed by atoms with Gasteiger partial charge < -0.3 is 10.6 Å². The molecule has 3 aromatic heterocycles. The van der Waals surface area contributed by atoms with Crippen LogP contribution < -0.4 is 10.6 Å². The number of nitrogens with zero attached hydrogens (tertiary/aromatic N) is 5. The third-order valence-corrected chi connectivity index (χ3v) is 7.24. The number of halogens is 2. The van der Waals surface area contributed by atoms with Crippen LogP contribution in [0.1, 0.15) is 92.1 Å². The number of hydrogen-bond acceptors (Lipinski definition) is 6. The minimum atomic E-state index is -2.69. The van der Waals surface area contributed by atoms with Gasteiger partial charge in [0.25, 0.3) is 5.91 Å². The summed E-state index contributed by atoms with van der Waals surface area (Å²) in [7, 11) is 0. The van der Waals surface area contributed by atoms with Gasteiger partial charge in [0.15, 0.2) is 5.65 Å². The van der Waals surface area contributed by atoms with Crippen molar-refractivity contribution in [2.75, 3.05) is 0 Å². The fraction of sp³-hybridized carbons (Fsp3) is 0.538. The Morgan fingerprint density at radius 1 is 1.08 bits per heavy atom. The Balaban J connectivity index is 1.43. The van der Waals surface area contributed by atoms with Crippen molar-refractivity contribution in [1.82, 2.24) is 35.2 Å². The number of amides is 2. The van der Waals surface area contributed by atoms with Crippen LogP contribution in [-0.4, -0.2) is 42.3 Å². The predicted molar refractivity (Wildman–Crippen MR) is 131 cm³/mol. The lowest BCUT2D eigenvalue weighted by atomic mass is 9.81. The number of fused-ring (bicyclic) bond motifs is 1. The number of alkyl halides is 2. The predicted octanol–water partition coefficient (Wildman–Crippen LogP) is 4.18. The van der Waals surface area contributed by atoms with E-state index in [1.165, 1.54) is 18.6 Å². The summed E-state index contributed by atoms with van der Waals surface area (Å²) in [5.41, 5.74) is 2.15. The molecule has 0 spiro atoms. The normalized spacial score (nSPS) is 19.3. The first kappa shape index (κ1) is 25.2. The zero-order valence-corrected chi connectivity index (χ0v) is 20.7. The number of carbonyl (C=O) groups excluding carboxylic acids is 2. The van der Waals surface area contributed by atoms with Gasteiger partial charge in [0.1, 0.15) is 5.69 Å². The van der Waals surface area contributed by atoms with E-state index >= 15 is 0 Å². The highest BCUT2D eigenvalue weighted by atomic mass is 19.3. The second-order valence-corrected chi connectivity index (χ2v) is 10.1. The Kier molecular flexibility index (Phi) is 7.12. The summed E-state index contributed by atoms with van der Waals surface area (Å²) in [6.07, 6.45) is 11.1. The summed E-state index contributed by atoms with van der Waals surface area (Å²) in [5.74, 6) is -2.94. The van der Waals surface area contributed by atoms with E-state index in [1.807, 2.05) is 13.0 Å². The largest absolute Gasteiger partial charge is 0.349 e. The van der Waals surface area contributed by atoms with Gasteiger partial charge in [-0.05, 0) is 55.6 Å². The first-order valence-corrected chi connectivity index (χ1v) is 12.9. The quantitative estimate of drug-likeness (QED) is 0.445. The summed E-state index contributed by atoms with van der Waals surface area (Å²) in [4.78, 5) is 38.0. The van der Waals surface area contributed by atoms with E-state index in [0.717, 1.165) is 24.8 Å². The van der Waals surface area contributed by atoms with E-state index in [9.17, 15) is 18.4 Å². The molecule has 2 amide bonds. The zero-order chi connectivity index (χ0) is 26.0. The van der Waals surface area contributed by atoms with Gasteiger partial charge >= 0.3 is 0 Å². The lowest BCUT2D eigenvalue weighted by molar-refractivity contribution is -0.122. The molecule has 3 heterocycles. The second kappa shape index (κ2) is 10.5. The molecule has 3 aromatic rings. The molecule has 0 saturated heterocycles. The van der Waals surface area contributed by atoms with Gasteiger partial charge in [0, 0.05) is 31.7 Å². The molecule has 37 heavy (non-hydrogen) atoms. The number of hydrogen-bond donors (Lipinski definition) is 2. The summed E-state index contributed by atoms with van der Waals surface area (Å²) in [6.45, 7) is 1.97. The first-order chi connectivity index (χ1) is 17.8. The Morgan fingerprint density at radius 2 is 1.84 bits per heavy atom. The molecule has 2 atom stereocenters. The van der Waals surface area contributed by atoms with Crippen LogP contribution in [-0.2, 0) is 4.79 Å². The van der Waals surface area contributed by atoms with Crippen molar-refractivity contribution in [2.24, 2.45) is 11.8 Å². The Morgan fingerprint density at radius 3 is 2.51 bits per heavy atom. The van der Waals surface area contributed by atoms with Crippen molar-refractivity contribution in [3.63, 3.8) is 0 Å². The van der Waals surface area contributed by atoms with Crippen LogP contribution in [0.4, 0.5) is 8.78 Å². The third kappa shape index (κ3) is 5.91. The summed E-state index contributed by atoms with van der Waals surface area (Å²) in [6, 6.07) is 1.20. The molecule has 0 aromatic carbocycles. The van der Waals surface area contributed by atoms with Crippen molar-refractivity contribution in [3.8, 4) is 0 Å². The molecule has 2 saturated carbocycles. The highest BCUT2D eigenvalue weighted by Gasteiger charge is 2.39. The van der Waals surface area contributed by atoms with Crippen LogP contribution >= 0.6 is 0 Å². The molecule has 0 unspecified atom stereocenters. The van der Waals surface area contributed by atoms with E-state index in [4.69, 9.17) is 4.98 Å². The highest BCUT2D eigenvalue weighted by Crippen LogP contribution is 2.42.